The monoisotopic (exact) mass is 563 g/mol. The number of ether oxygens (including phenoxy) is 4. The molecule has 0 radical (unpaired) electrons. The van der Waals surface area contributed by atoms with Gasteiger partial charge in [0.05, 0.1) is 19.8 Å². The van der Waals surface area contributed by atoms with Gasteiger partial charge in [-0.3, -0.25) is 4.99 Å². The molecule has 2 aromatic carbocycles. The fourth-order valence-electron chi connectivity index (χ4n) is 3.10. The van der Waals surface area contributed by atoms with Gasteiger partial charge in [0.2, 0.25) is 0 Å². The summed E-state index contributed by atoms with van der Waals surface area (Å²) < 4.78 is 47.3. The first kappa shape index (κ1) is 25.8. The zero-order valence-electron chi connectivity index (χ0n) is 18.0. The number of para-hydroxylation sites is 1. The Labute approximate surface area is 203 Å². The Bertz CT molecular complexity index is 899. The van der Waals surface area contributed by atoms with Crippen LogP contribution in [0.4, 0.5) is 8.78 Å². The van der Waals surface area contributed by atoms with E-state index in [0.717, 1.165) is 23.5 Å². The highest BCUT2D eigenvalue weighted by molar-refractivity contribution is 14.0. The number of nitrogens with zero attached hydrogens (tertiary/aromatic N) is 1. The maximum Gasteiger partial charge on any atom is 0.387 e. The quantitative estimate of drug-likeness (QED) is 0.283. The SMILES string of the molecule is CCOc1cccc(CNC(=NC)NCc2ccc3c(c2)OCCCO3)c1OC(F)F.I. The first-order chi connectivity index (χ1) is 15.1. The lowest BCUT2D eigenvalue weighted by Crippen LogP contribution is -2.36. The van der Waals surface area contributed by atoms with Crippen LogP contribution in [0.25, 0.3) is 0 Å². The lowest BCUT2D eigenvalue weighted by Gasteiger charge is -2.17. The third kappa shape index (κ3) is 7.28. The Morgan fingerprint density at radius 1 is 1.09 bits per heavy atom. The van der Waals surface area contributed by atoms with Crippen LogP contribution in [0.3, 0.4) is 0 Å². The van der Waals surface area contributed by atoms with Gasteiger partial charge in [-0.05, 0) is 30.7 Å². The molecule has 0 aromatic heterocycles. The molecule has 0 unspecified atom stereocenters. The summed E-state index contributed by atoms with van der Waals surface area (Å²) in [6.07, 6.45) is 0.848. The lowest BCUT2D eigenvalue weighted by molar-refractivity contribution is -0.0520. The van der Waals surface area contributed by atoms with Crippen molar-refractivity contribution in [1.29, 1.82) is 0 Å². The van der Waals surface area contributed by atoms with Crippen molar-refractivity contribution in [3.63, 3.8) is 0 Å². The van der Waals surface area contributed by atoms with Crippen molar-refractivity contribution in [3.05, 3.63) is 47.5 Å². The minimum atomic E-state index is -2.95. The van der Waals surface area contributed by atoms with Gasteiger partial charge in [0.1, 0.15) is 0 Å². The van der Waals surface area contributed by atoms with Gasteiger partial charge in [0.15, 0.2) is 29.0 Å². The van der Waals surface area contributed by atoms with Crippen molar-refractivity contribution in [1.82, 2.24) is 10.6 Å². The molecular formula is C22H28F2IN3O4. The molecule has 0 spiro atoms. The van der Waals surface area contributed by atoms with E-state index in [4.69, 9.17) is 18.9 Å². The van der Waals surface area contributed by atoms with E-state index in [1.807, 2.05) is 18.2 Å². The van der Waals surface area contributed by atoms with E-state index in [9.17, 15) is 8.78 Å². The number of guanidine groups is 1. The molecule has 0 amide bonds. The van der Waals surface area contributed by atoms with Gasteiger partial charge in [-0.25, -0.2) is 0 Å². The molecule has 1 aliphatic rings. The Hall–Kier alpha value is -2.50. The van der Waals surface area contributed by atoms with Crippen molar-refractivity contribution in [3.8, 4) is 23.0 Å². The topological polar surface area (TPSA) is 73.3 Å². The second kappa shape index (κ2) is 13.1. The highest BCUT2D eigenvalue weighted by Gasteiger charge is 2.16. The molecule has 32 heavy (non-hydrogen) atoms. The van der Waals surface area contributed by atoms with E-state index in [-0.39, 0.29) is 42.0 Å². The van der Waals surface area contributed by atoms with Crippen LogP contribution in [0.5, 0.6) is 23.0 Å². The molecule has 2 aromatic rings. The second-order valence-electron chi connectivity index (χ2n) is 6.67. The summed E-state index contributed by atoms with van der Waals surface area (Å²) in [4.78, 5) is 4.19. The largest absolute Gasteiger partial charge is 0.490 e. The fourth-order valence-corrected chi connectivity index (χ4v) is 3.10. The van der Waals surface area contributed by atoms with Crippen molar-refractivity contribution >= 4 is 29.9 Å². The highest BCUT2D eigenvalue weighted by atomic mass is 127. The summed E-state index contributed by atoms with van der Waals surface area (Å²) in [5.74, 6) is 2.27. The van der Waals surface area contributed by atoms with Crippen molar-refractivity contribution < 1.29 is 27.7 Å². The van der Waals surface area contributed by atoms with Crippen LogP contribution in [0.1, 0.15) is 24.5 Å². The van der Waals surface area contributed by atoms with E-state index in [0.29, 0.717) is 37.9 Å². The van der Waals surface area contributed by atoms with Gasteiger partial charge < -0.3 is 29.6 Å². The van der Waals surface area contributed by atoms with Crippen molar-refractivity contribution in [2.24, 2.45) is 4.99 Å². The second-order valence-corrected chi connectivity index (χ2v) is 6.67. The van der Waals surface area contributed by atoms with Gasteiger partial charge in [-0.15, -0.1) is 24.0 Å². The number of hydrogen-bond donors (Lipinski definition) is 2. The predicted octanol–water partition coefficient (Wildman–Crippen LogP) is 4.33. The van der Waals surface area contributed by atoms with Crippen LogP contribution in [0, 0.1) is 0 Å². The van der Waals surface area contributed by atoms with E-state index in [2.05, 4.69) is 15.6 Å². The van der Waals surface area contributed by atoms with Crippen LogP contribution in [-0.4, -0.2) is 39.4 Å². The molecule has 0 saturated heterocycles. The van der Waals surface area contributed by atoms with Gasteiger partial charge >= 0.3 is 6.61 Å². The predicted molar refractivity (Wildman–Crippen MR) is 129 cm³/mol. The lowest BCUT2D eigenvalue weighted by atomic mass is 10.2. The Morgan fingerprint density at radius 3 is 2.56 bits per heavy atom. The smallest absolute Gasteiger partial charge is 0.387 e. The van der Waals surface area contributed by atoms with E-state index < -0.39 is 6.61 Å². The molecule has 0 bridgehead atoms. The molecule has 1 heterocycles. The Kier molecular flexibility index (Phi) is 10.6. The van der Waals surface area contributed by atoms with Crippen LogP contribution in [0.15, 0.2) is 41.4 Å². The van der Waals surface area contributed by atoms with E-state index in [1.54, 1.807) is 32.2 Å². The standard InChI is InChI=1S/C22H27F2N3O4.HI/c1-3-28-18-7-4-6-16(20(18)31-21(23)24)14-27-22(25-2)26-13-15-8-9-17-19(12-15)30-11-5-10-29-17;/h4,6-9,12,21H,3,5,10-11,13-14H2,1-2H3,(H2,25,26,27);1H. The molecule has 0 fully saturated rings. The number of nitrogens with one attached hydrogen (secondary N) is 2. The third-order valence-electron chi connectivity index (χ3n) is 4.51. The van der Waals surface area contributed by atoms with Crippen LogP contribution in [0.2, 0.25) is 0 Å². The molecule has 0 saturated carbocycles. The minimum absolute atomic E-state index is 0. The first-order valence-corrected chi connectivity index (χ1v) is 10.1. The zero-order valence-corrected chi connectivity index (χ0v) is 20.4. The first-order valence-electron chi connectivity index (χ1n) is 10.1. The molecule has 1 aliphatic heterocycles. The normalized spacial score (nSPS) is 13.1. The maximum absolute atomic E-state index is 12.9. The maximum atomic E-state index is 12.9. The average Bonchev–Trinajstić information content (AvgIpc) is 3.00. The third-order valence-corrected chi connectivity index (χ3v) is 4.51. The molecular weight excluding hydrogens is 535 g/mol. The van der Waals surface area contributed by atoms with Gasteiger partial charge in [-0.1, -0.05) is 18.2 Å². The molecule has 2 N–H and O–H groups in total. The summed E-state index contributed by atoms with van der Waals surface area (Å²) in [6.45, 7) is 1.16. The number of hydrogen-bond acceptors (Lipinski definition) is 5. The summed E-state index contributed by atoms with van der Waals surface area (Å²) in [5, 5.41) is 6.31. The molecule has 0 aliphatic carbocycles. The minimum Gasteiger partial charge on any atom is -0.490 e. The average molecular weight is 563 g/mol. The molecule has 7 nitrogen and oxygen atoms in total. The number of aliphatic imine (C=N–C) groups is 1. The number of fused-ring (bicyclic) bond motifs is 1. The summed E-state index contributed by atoms with van der Waals surface area (Å²) in [6, 6.07) is 10.8. The molecule has 3 rings (SSSR count). The van der Waals surface area contributed by atoms with Gasteiger partial charge in [-0.2, -0.15) is 8.78 Å². The number of rotatable bonds is 8. The number of benzene rings is 2. The highest BCUT2D eigenvalue weighted by Crippen LogP contribution is 2.33. The van der Waals surface area contributed by atoms with Crippen LogP contribution in [-0.2, 0) is 13.1 Å². The van der Waals surface area contributed by atoms with E-state index in [1.165, 1.54) is 0 Å². The van der Waals surface area contributed by atoms with Crippen molar-refractivity contribution in [2.45, 2.75) is 33.0 Å². The summed E-state index contributed by atoms with van der Waals surface area (Å²) in [7, 11) is 1.64. The summed E-state index contributed by atoms with van der Waals surface area (Å²) in [5.41, 5.74) is 1.53. The summed E-state index contributed by atoms with van der Waals surface area (Å²) >= 11 is 0. The van der Waals surface area contributed by atoms with Crippen LogP contribution < -0.4 is 29.6 Å². The molecule has 10 heteroatoms. The van der Waals surface area contributed by atoms with Crippen LogP contribution >= 0.6 is 24.0 Å². The van der Waals surface area contributed by atoms with Crippen molar-refractivity contribution in [2.75, 3.05) is 26.9 Å². The molecule has 0 atom stereocenters. The van der Waals surface area contributed by atoms with E-state index >= 15 is 0 Å². The number of alkyl halides is 2. The van der Waals surface area contributed by atoms with Gasteiger partial charge in [0.25, 0.3) is 0 Å². The Balaban J connectivity index is 0.00000363. The fraction of sp³-hybridized carbons (Fsp3) is 0.409. The zero-order chi connectivity index (χ0) is 22.1. The number of halogens is 3. The Morgan fingerprint density at radius 2 is 1.84 bits per heavy atom. The molecule has 176 valence electrons. The van der Waals surface area contributed by atoms with Gasteiger partial charge in [0, 0.05) is 32.1 Å².